The average Bonchev–Trinajstić information content (AvgIpc) is 3.09. The minimum atomic E-state index is -0.606. The van der Waals surface area contributed by atoms with E-state index in [0.717, 1.165) is 23.3 Å². The Morgan fingerprint density at radius 1 is 1.00 bits per heavy atom. The number of halogens is 3. The fraction of sp³-hybridized carbons (Fsp3) is 0.160. The average molecular weight is 482 g/mol. The highest BCUT2D eigenvalue weighted by atomic mass is 79.9. The maximum absolute atomic E-state index is 13.7. The molecule has 0 saturated carbocycles. The van der Waals surface area contributed by atoms with Gasteiger partial charge < -0.3 is 10.1 Å². The van der Waals surface area contributed by atoms with Gasteiger partial charge in [-0.05, 0) is 50.3 Å². The number of benzene rings is 3. The first kappa shape index (κ1) is 21.1. The molecule has 3 nitrogen and oxygen atoms in total. The third-order valence-electron chi connectivity index (χ3n) is 5.10. The molecule has 3 aromatic rings. The highest BCUT2D eigenvalue weighted by Gasteiger charge is 2.28. The smallest absolute Gasteiger partial charge is 0.407 e. The molecule has 31 heavy (non-hydrogen) atoms. The summed E-state index contributed by atoms with van der Waals surface area (Å²) in [6.45, 7) is 0.471. The summed E-state index contributed by atoms with van der Waals surface area (Å²) in [5.74, 6) is 4.11. The van der Waals surface area contributed by atoms with Gasteiger partial charge in [0.25, 0.3) is 0 Å². The summed E-state index contributed by atoms with van der Waals surface area (Å²) < 4.78 is 32.7. The van der Waals surface area contributed by atoms with Crippen LogP contribution in [-0.2, 0) is 4.74 Å². The molecule has 1 N–H and O–H groups in total. The summed E-state index contributed by atoms with van der Waals surface area (Å²) >= 11 is 2.92. The van der Waals surface area contributed by atoms with Crippen molar-refractivity contribution in [3.8, 4) is 23.0 Å². The van der Waals surface area contributed by atoms with Crippen molar-refractivity contribution >= 4 is 22.0 Å². The minimum Gasteiger partial charge on any atom is -0.449 e. The van der Waals surface area contributed by atoms with Gasteiger partial charge in [0.2, 0.25) is 0 Å². The SMILES string of the molecule is O=C(NCCC#Cc1cc(F)c(Br)cc1F)OCC1c2ccccc2-c2ccccc21. The van der Waals surface area contributed by atoms with E-state index in [1.165, 1.54) is 11.1 Å². The van der Waals surface area contributed by atoms with Crippen molar-refractivity contribution < 1.29 is 18.3 Å². The number of alkyl carbamates (subject to hydrolysis) is 1. The zero-order valence-electron chi connectivity index (χ0n) is 16.4. The standard InChI is InChI=1S/C25H18BrF2NO2/c26-22-14-23(27)16(13-24(22)28)7-5-6-12-29-25(30)31-15-21-19-10-3-1-8-17(19)18-9-2-4-11-20(18)21/h1-4,8-11,13-14,21H,6,12,15H2,(H,29,30). The maximum Gasteiger partial charge on any atom is 0.407 e. The largest absolute Gasteiger partial charge is 0.449 e. The number of ether oxygens (including phenoxy) is 1. The van der Waals surface area contributed by atoms with Crippen LogP contribution in [0.15, 0.2) is 65.1 Å². The van der Waals surface area contributed by atoms with Gasteiger partial charge in [0.15, 0.2) is 0 Å². The third kappa shape index (κ3) is 4.62. The predicted octanol–water partition coefficient (Wildman–Crippen LogP) is 6.01. The molecule has 0 spiro atoms. The molecule has 0 heterocycles. The van der Waals surface area contributed by atoms with Gasteiger partial charge in [-0.25, -0.2) is 13.6 Å². The molecule has 156 valence electrons. The number of fused-ring (bicyclic) bond motifs is 3. The van der Waals surface area contributed by atoms with Gasteiger partial charge in [-0.2, -0.15) is 0 Å². The first-order valence-corrected chi connectivity index (χ1v) is 10.6. The van der Waals surface area contributed by atoms with Gasteiger partial charge in [-0.3, -0.25) is 0 Å². The first-order chi connectivity index (χ1) is 15.0. The second-order valence-electron chi connectivity index (χ2n) is 7.05. The number of rotatable bonds is 4. The maximum atomic E-state index is 13.7. The molecule has 3 aromatic carbocycles. The van der Waals surface area contributed by atoms with Gasteiger partial charge in [-0.15, -0.1) is 0 Å². The second-order valence-corrected chi connectivity index (χ2v) is 7.90. The van der Waals surface area contributed by atoms with E-state index in [4.69, 9.17) is 4.74 Å². The fourth-order valence-corrected chi connectivity index (χ4v) is 3.97. The van der Waals surface area contributed by atoms with Gasteiger partial charge in [0.05, 0.1) is 10.0 Å². The van der Waals surface area contributed by atoms with Crippen LogP contribution in [0.4, 0.5) is 13.6 Å². The zero-order chi connectivity index (χ0) is 21.8. The Morgan fingerprint density at radius 2 is 1.65 bits per heavy atom. The Hall–Kier alpha value is -3.17. The summed E-state index contributed by atoms with van der Waals surface area (Å²) in [7, 11) is 0. The Kier molecular flexibility index (Phi) is 6.34. The van der Waals surface area contributed by atoms with Gasteiger partial charge >= 0.3 is 6.09 Å². The number of amides is 1. The van der Waals surface area contributed by atoms with E-state index >= 15 is 0 Å². The molecule has 0 aliphatic heterocycles. The second kappa shape index (κ2) is 9.32. The van der Waals surface area contributed by atoms with Crippen LogP contribution >= 0.6 is 15.9 Å². The van der Waals surface area contributed by atoms with Crippen LogP contribution < -0.4 is 5.32 Å². The van der Waals surface area contributed by atoms with Gasteiger partial charge in [-0.1, -0.05) is 60.4 Å². The Bertz CT molecular complexity index is 1150. The van der Waals surface area contributed by atoms with Crippen LogP contribution in [0.25, 0.3) is 11.1 Å². The summed E-state index contributed by atoms with van der Waals surface area (Å²) in [6.07, 6.45) is -0.258. The molecule has 0 aromatic heterocycles. The van der Waals surface area contributed by atoms with Crippen molar-refractivity contribution in [2.45, 2.75) is 12.3 Å². The monoisotopic (exact) mass is 481 g/mol. The van der Waals surface area contributed by atoms with E-state index in [9.17, 15) is 13.6 Å². The molecule has 0 fully saturated rings. The highest BCUT2D eigenvalue weighted by molar-refractivity contribution is 9.10. The van der Waals surface area contributed by atoms with Crippen LogP contribution in [-0.4, -0.2) is 19.2 Å². The molecule has 6 heteroatoms. The quantitative estimate of drug-likeness (QED) is 0.281. The number of carbonyl (C=O) groups excluding carboxylic acids is 1. The molecular weight excluding hydrogens is 464 g/mol. The molecule has 0 saturated heterocycles. The van der Waals surface area contributed by atoms with Crippen LogP contribution in [0.2, 0.25) is 0 Å². The fourth-order valence-electron chi connectivity index (χ4n) is 3.65. The van der Waals surface area contributed by atoms with Gasteiger partial charge in [0.1, 0.15) is 18.2 Å². The molecule has 0 atom stereocenters. The lowest BCUT2D eigenvalue weighted by Crippen LogP contribution is -2.26. The first-order valence-electron chi connectivity index (χ1n) is 9.77. The Morgan fingerprint density at radius 3 is 2.32 bits per heavy atom. The Labute approximate surface area is 187 Å². The van der Waals surface area contributed by atoms with Crippen molar-refractivity contribution in [2.75, 3.05) is 13.2 Å². The van der Waals surface area contributed by atoms with Crippen molar-refractivity contribution in [3.05, 3.63) is 93.5 Å². The highest BCUT2D eigenvalue weighted by Crippen LogP contribution is 2.44. The molecule has 0 bridgehead atoms. The van der Waals surface area contributed by atoms with E-state index in [2.05, 4.69) is 57.4 Å². The number of nitrogens with one attached hydrogen (secondary N) is 1. The third-order valence-corrected chi connectivity index (χ3v) is 5.70. The number of carbonyl (C=O) groups is 1. The lowest BCUT2D eigenvalue weighted by Gasteiger charge is -2.14. The van der Waals surface area contributed by atoms with Crippen molar-refractivity contribution in [1.82, 2.24) is 5.32 Å². The normalized spacial score (nSPS) is 11.8. The Balaban J connectivity index is 1.30. The van der Waals surface area contributed by atoms with E-state index in [1.807, 2.05) is 24.3 Å². The molecule has 1 amide bonds. The van der Waals surface area contributed by atoms with Crippen molar-refractivity contribution in [3.63, 3.8) is 0 Å². The van der Waals surface area contributed by atoms with E-state index < -0.39 is 17.7 Å². The molecular formula is C25H18BrF2NO2. The molecule has 0 unspecified atom stereocenters. The van der Waals surface area contributed by atoms with Crippen molar-refractivity contribution in [1.29, 1.82) is 0 Å². The van der Waals surface area contributed by atoms with Crippen LogP contribution in [0, 0.1) is 23.5 Å². The van der Waals surface area contributed by atoms with E-state index in [-0.39, 0.29) is 35.5 Å². The summed E-state index contributed by atoms with van der Waals surface area (Å²) in [5, 5.41) is 2.64. The van der Waals surface area contributed by atoms with Gasteiger partial charge in [0, 0.05) is 18.9 Å². The van der Waals surface area contributed by atoms with E-state index in [0.29, 0.717) is 0 Å². The lowest BCUT2D eigenvalue weighted by molar-refractivity contribution is 0.143. The van der Waals surface area contributed by atoms with E-state index in [1.54, 1.807) is 0 Å². The number of hydrogen-bond acceptors (Lipinski definition) is 2. The van der Waals surface area contributed by atoms with Crippen molar-refractivity contribution in [2.24, 2.45) is 0 Å². The molecule has 1 aliphatic rings. The summed E-state index contributed by atoms with van der Waals surface area (Å²) in [5.41, 5.74) is 4.59. The van der Waals surface area contributed by atoms with Crippen LogP contribution in [0.3, 0.4) is 0 Å². The summed E-state index contributed by atoms with van der Waals surface area (Å²) in [6, 6.07) is 18.3. The molecule has 4 rings (SSSR count). The topological polar surface area (TPSA) is 38.3 Å². The zero-order valence-corrected chi connectivity index (χ0v) is 18.0. The van der Waals surface area contributed by atoms with Crippen LogP contribution in [0.1, 0.15) is 29.0 Å². The predicted molar refractivity (Wildman–Crippen MR) is 119 cm³/mol. The molecule has 0 radical (unpaired) electrons. The summed E-state index contributed by atoms with van der Waals surface area (Å²) in [4.78, 5) is 12.1. The number of hydrogen-bond donors (Lipinski definition) is 1. The minimum absolute atomic E-state index is 0.00628. The molecule has 1 aliphatic carbocycles. The van der Waals surface area contributed by atoms with Crippen LogP contribution in [0.5, 0.6) is 0 Å². The lowest BCUT2D eigenvalue weighted by atomic mass is 9.98.